The molecule has 1 fully saturated rings. The van der Waals surface area contributed by atoms with E-state index < -0.39 is 10.8 Å². The Morgan fingerprint density at radius 1 is 1.10 bits per heavy atom. The van der Waals surface area contributed by atoms with Crippen molar-refractivity contribution in [3.05, 3.63) is 57.6 Å². The van der Waals surface area contributed by atoms with Crippen molar-refractivity contribution in [2.45, 2.75) is 26.2 Å². The van der Waals surface area contributed by atoms with Crippen molar-refractivity contribution in [1.82, 2.24) is 0 Å². The number of hydrogen-bond acceptors (Lipinski definition) is 6. The van der Waals surface area contributed by atoms with Crippen LogP contribution in [-0.2, 0) is 4.79 Å². The summed E-state index contributed by atoms with van der Waals surface area (Å²) < 4.78 is 0. The number of carbonyl (C=O) groups excluding carboxylic acids is 2. The molecule has 0 unspecified atom stereocenters. The van der Waals surface area contributed by atoms with Gasteiger partial charge in [0, 0.05) is 42.3 Å². The molecule has 1 saturated heterocycles. The normalized spacial score (nSPS) is 13.6. The Labute approximate surface area is 174 Å². The summed E-state index contributed by atoms with van der Waals surface area (Å²) in [4.78, 5) is 36.8. The molecule has 9 nitrogen and oxygen atoms in total. The number of nitrogens with one attached hydrogen (secondary N) is 2. The summed E-state index contributed by atoms with van der Waals surface area (Å²) in [6, 6.07) is 9.66. The highest BCUT2D eigenvalue weighted by molar-refractivity contribution is 6.01. The summed E-state index contributed by atoms with van der Waals surface area (Å²) in [6.07, 6.45) is 3.45. The monoisotopic (exact) mass is 411 g/mol. The van der Waals surface area contributed by atoms with Crippen LogP contribution < -0.4 is 21.3 Å². The van der Waals surface area contributed by atoms with Gasteiger partial charge >= 0.3 is 0 Å². The zero-order chi connectivity index (χ0) is 21.7. The van der Waals surface area contributed by atoms with Crippen LogP contribution in [0.2, 0.25) is 0 Å². The van der Waals surface area contributed by atoms with Gasteiger partial charge in [-0.1, -0.05) is 0 Å². The molecular formula is C21H25N5O4. The molecule has 30 heavy (non-hydrogen) atoms. The molecular weight excluding hydrogens is 386 g/mol. The van der Waals surface area contributed by atoms with Crippen molar-refractivity contribution in [3.63, 3.8) is 0 Å². The number of rotatable bonds is 7. The maximum absolute atomic E-state index is 12.3. The molecule has 0 aromatic heterocycles. The number of hydrogen-bond donors (Lipinski definition) is 3. The van der Waals surface area contributed by atoms with E-state index >= 15 is 0 Å². The Morgan fingerprint density at radius 3 is 2.43 bits per heavy atom. The standard InChI is InChI=1S/C21H25N5O4/c1-14-11-16(26(29)30)6-7-18(14)24-20(27)13-23-19-8-5-15(12-17(19)21(22)28)25-9-3-2-4-10-25/h5-8,11-12,23H,2-4,9-10,13H2,1H3,(H2,22,28)(H,24,27). The number of nitrogens with zero attached hydrogens (tertiary/aromatic N) is 2. The molecule has 0 saturated carbocycles. The Kier molecular flexibility index (Phi) is 6.51. The molecule has 158 valence electrons. The minimum atomic E-state index is -0.567. The highest BCUT2D eigenvalue weighted by Gasteiger charge is 2.16. The number of anilines is 3. The van der Waals surface area contributed by atoms with Crippen LogP contribution >= 0.6 is 0 Å². The van der Waals surface area contributed by atoms with Crippen LogP contribution in [0.4, 0.5) is 22.7 Å². The number of piperidine rings is 1. The van der Waals surface area contributed by atoms with E-state index in [9.17, 15) is 19.7 Å². The predicted molar refractivity (Wildman–Crippen MR) is 116 cm³/mol. The lowest BCUT2D eigenvalue weighted by molar-refractivity contribution is -0.384. The lowest BCUT2D eigenvalue weighted by Crippen LogP contribution is -2.30. The Bertz CT molecular complexity index is 970. The maximum atomic E-state index is 12.3. The Hall–Kier alpha value is -3.62. The van der Waals surface area contributed by atoms with E-state index in [2.05, 4.69) is 15.5 Å². The third-order valence-corrected chi connectivity index (χ3v) is 5.12. The van der Waals surface area contributed by atoms with Gasteiger partial charge in [0.2, 0.25) is 5.91 Å². The van der Waals surface area contributed by atoms with Gasteiger partial charge in [0.05, 0.1) is 17.0 Å². The summed E-state index contributed by atoms with van der Waals surface area (Å²) in [6.45, 7) is 3.49. The van der Waals surface area contributed by atoms with E-state index in [-0.39, 0.29) is 18.1 Å². The predicted octanol–water partition coefficient (Wildman–Crippen LogP) is 3.04. The number of benzene rings is 2. The number of non-ortho nitro benzene ring substituents is 1. The van der Waals surface area contributed by atoms with Crippen LogP contribution in [0.25, 0.3) is 0 Å². The second kappa shape index (κ2) is 9.25. The van der Waals surface area contributed by atoms with Crippen LogP contribution in [0.15, 0.2) is 36.4 Å². The van der Waals surface area contributed by atoms with Gasteiger partial charge in [-0.3, -0.25) is 19.7 Å². The fraction of sp³-hybridized carbons (Fsp3) is 0.333. The molecule has 0 atom stereocenters. The smallest absolute Gasteiger partial charge is 0.269 e. The SMILES string of the molecule is Cc1cc([N+](=O)[O-])ccc1NC(=O)CNc1ccc(N2CCCCC2)cc1C(N)=O. The second-order valence-electron chi connectivity index (χ2n) is 7.30. The van der Waals surface area contributed by atoms with E-state index in [1.54, 1.807) is 19.1 Å². The molecule has 0 spiro atoms. The van der Waals surface area contributed by atoms with Gasteiger partial charge in [-0.25, -0.2) is 0 Å². The molecule has 1 aliphatic heterocycles. The van der Waals surface area contributed by atoms with E-state index in [1.807, 2.05) is 6.07 Å². The number of aryl methyl sites for hydroxylation is 1. The highest BCUT2D eigenvalue weighted by Crippen LogP contribution is 2.26. The number of primary amides is 1. The molecule has 4 N–H and O–H groups in total. The maximum Gasteiger partial charge on any atom is 0.269 e. The second-order valence-corrected chi connectivity index (χ2v) is 7.30. The molecule has 0 radical (unpaired) electrons. The summed E-state index contributed by atoms with van der Waals surface area (Å²) >= 11 is 0. The lowest BCUT2D eigenvalue weighted by atomic mass is 10.1. The molecule has 1 heterocycles. The number of nitro groups is 1. The van der Waals surface area contributed by atoms with E-state index in [0.29, 0.717) is 22.5 Å². The van der Waals surface area contributed by atoms with Gasteiger partial charge in [-0.15, -0.1) is 0 Å². The van der Waals surface area contributed by atoms with Crippen LogP contribution in [0, 0.1) is 17.0 Å². The van der Waals surface area contributed by atoms with Crippen LogP contribution in [0.3, 0.4) is 0 Å². The van der Waals surface area contributed by atoms with Gasteiger partial charge < -0.3 is 21.3 Å². The third-order valence-electron chi connectivity index (χ3n) is 5.12. The topological polar surface area (TPSA) is 131 Å². The first-order valence-corrected chi connectivity index (χ1v) is 9.82. The molecule has 0 aliphatic carbocycles. The molecule has 9 heteroatoms. The minimum absolute atomic E-state index is 0.0384. The first-order valence-electron chi connectivity index (χ1n) is 9.82. The van der Waals surface area contributed by atoms with Crippen molar-refractivity contribution < 1.29 is 14.5 Å². The fourth-order valence-electron chi connectivity index (χ4n) is 3.51. The Morgan fingerprint density at radius 2 is 1.80 bits per heavy atom. The first-order chi connectivity index (χ1) is 14.3. The molecule has 2 amide bonds. The van der Waals surface area contributed by atoms with Crippen LogP contribution in [-0.4, -0.2) is 36.4 Å². The summed E-state index contributed by atoms with van der Waals surface area (Å²) in [7, 11) is 0. The zero-order valence-corrected chi connectivity index (χ0v) is 16.8. The van der Waals surface area contributed by atoms with Crippen molar-refractivity contribution in [1.29, 1.82) is 0 Å². The number of carbonyl (C=O) groups is 2. The van der Waals surface area contributed by atoms with Crippen LogP contribution in [0.5, 0.6) is 0 Å². The van der Waals surface area contributed by atoms with Gasteiger partial charge in [-0.2, -0.15) is 0 Å². The third kappa shape index (κ3) is 5.05. The molecule has 2 aromatic rings. The average Bonchev–Trinajstić information content (AvgIpc) is 2.74. The lowest BCUT2D eigenvalue weighted by Gasteiger charge is -2.29. The Balaban J connectivity index is 1.66. The molecule has 1 aliphatic rings. The summed E-state index contributed by atoms with van der Waals surface area (Å²) in [5.74, 6) is -0.912. The zero-order valence-electron chi connectivity index (χ0n) is 16.8. The van der Waals surface area contributed by atoms with Gasteiger partial charge in [0.25, 0.3) is 11.6 Å². The molecule has 2 aromatic carbocycles. The van der Waals surface area contributed by atoms with Crippen molar-refractivity contribution in [3.8, 4) is 0 Å². The first kappa shape index (κ1) is 21.1. The highest BCUT2D eigenvalue weighted by atomic mass is 16.6. The van der Waals surface area contributed by atoms with Gasteiger partial charge in [0.15, 0.2) is 0 Å². The van der Waals surface area contributed by atoms with Crippen molar-refractivity contribution in [2.24, 2.45) is 5.73 Å². The minimum Gasteiger partial charge on any atom is -0.375 e. The van der Waals surface area contributed by atoms with Crippen molar-refractivity contribution in [2.75, 3.05) is 35.2 Å². The van der Waals surface area contributed by atoms with Gasteiger partial charge in [-0.05, 0) is 56.0 Å². The number of nitrogens with two attached hydrogens (primary N) is 1. The quantitative estimate of drug-likeness (QED) is 0.474. The van der Waals surface area contributed by atoms with Gasteiger partial charge in [0.1, 0.15) is 0 Å². The van der Waals surface area contributed by atoms with E-state index in [4.69, 9.17) is 5.73 Å². The van der Waals surface area contributed by atoms with E-state index in [1.165, 1.54) is 24.6 Å². The molecule has 0 bridgehead atoms. The summed E-state index contributed by atoms with van der Waals surface area (Å²) in [5, 5.41) is 16.5. The van der Waals surface area contributed by atoms with E-state index in [0.717, 1.165) is 31.6 Å². The number of amides is 2. The molecule has 3 rings (SSSR count). The fourth-order valence-corrected chi connectivity index (χ4v) is 3.51. The van der Waals surface area contributed by atoms with Crippen LogP contribution in [0.1, 0.15) is 35.2 Å². The largest absolute Gasteiger partial charge is 0.375 e. The number of nitro benzene ring substituents is 1. The van der Waals surface area contributed by atoms with Crippen molar-refractivity contribution >= 4 is 34.6 Å². The average molecular weight is 411 g/mol. The summed E-state index contributed by atoms with van der Waals surface area (Å²) in [5.41, 5.74) is 8.34.